The number of alkyl halides is 3. The molecule has 0 amide bonds. The first-order valence-electron chi connectivity index (χ1n) is 4.12. The van der Waals surface area contributed by atoms with Gasteiger partial charge in [0.05, 0.1) is 0 Å². The second-order valence-electron chi connectivity index (χ2n) is 3.32. The number of rotatable bonds is 1. The fourth-order valence-corrected chi connectivity index (χ4v) is 1.89. The second kappa shape index (κ2) is 4.49. The molecule has 0 heterocycles. The van der Waals surface area contributed by atoms with Gasteiger partial charge in [0.25, 0.3) is 0 Å². The standard InChI is InChI=1S/C10H10Cl4/c1-6-3-7(2)9(11)4-8(6)5-10(12,13)14/h3-4H,5H2,1-2H3. The molecule has 0 aromatic heterocycles. The van der Waals surface area contributed by atoms with E-state index >= 15 is 0 Å². The Morgan fingerprint density at radius 3 is 2.14 bits per heavy atom. The van der Waals surface area contributed by atoms with Gasteiger partial charge in [-0.2, -0.15) is 0 Å². The summed E-state index contributed by atoms with van der Waals surface area (Å²) in [5, 5.41) is 0.708. The molecule has 78 valence electrons. The third-order valence-corrected chi connectivity index (χ3v) is 2.82. The molecule has 0 atom stereocenters. The summed E-state index contributed by atoms with van der Waals surface area (Å²) in [6, 6.07) is 3.85. The molecule has 0 aliphatic rings. The van der Waals surface area contributed by atoms with E-state index in [1.54, 1.807) is 0 Å². The quantitative estimate of drug-likeness (QED) is 0.640. The minimum Gasteiger partial charge on any atom is -0.0840 e. The maximum atomic E-state index is 5.99. The van der Waals surface area contributed by atoms with Gasteiger partial charge in [-0.1, -0.05) is 52.5 Å². The van der Waals surface area contributed by atoms with E-state index in [1.807, 2.05) is 26.0 Å². The Hall–Kier alpha value is 0.380. The van der Waals surface area contributed by atoms with Crippen LogP contribution in [0.4, 0.5) is 0 Å². The molecule has 0 N–H and O–H groups in total. The summed E-state index contributed by atoms with van der Waals surface area (Å²) in [5.41, 5.74) is 3.11. The van der Waals surface area contributed by atoms with Crippen molar-refractivity contribution in [2.24, 2.45) is 0 Å². The van der Waals surface area contributed by atoms with Gasteiger partial charge in [-0.15, -0.1) is 0 Å². The number of benzene rings is 1. The van der Waals surface area contributed by atoms with Crippen molar-refractivity contribution in [2.45, 2.75) is 24.1 Å². The monoisotopic (exact) mass is 270 g/mol. The van der Waals surface area contributed by atoms with Gasteiger partial charge in [-0.25, -0.2) is 0 Å². The molecule has 0 unspecified atom stereocenters. The van der Waals surface area contributed by atoms with E-state index in [9.17, 15) is 0 Å². The third-order valence-electron chi connectivity index (χ3n) is 2.01. The highest BCUT2D eigenvalue weighted by atomic mass is 35.6. The first-order chi connectivity index (χ1) is 6.29. The number of hydrogen-bond donors (Lipinski definition) is 0. The molecular formula is C10H10Cl4. The van der Waals surface area contributed by atoms with Crippen LogP contribution < -0.4 is 0 Å². The summed E-state index contributed by atoms with van der Waals surface area (Å²) in [4.78, 5) is 0. The normalized spacial score (nSPS) is 11.9. The van der Waals surface area contributed by atoms with E-state index in [-0.39, 0.29) is 0 Å². The highest BCUT2D eigenvalue weighted by Crippen LogP contribution is 2.32. The fourth-order valence-electron chi connectivity index (χ4n) is 1.27. The van der Waals surface area contributed by atoms with E-state index in [1.165, 1.54) is 0 Å². The fraction of sp³-hybridized carbons (Fsp3) is 0.400. The van der Waals surface area contributed by atoms with Crippen molar-refractivity contribution in [3.63, 3.8) is 0 Å². The van der Waals surface area contributed by atoms with E-state index < -0.39 is 3.79 Å². The molecule has 0 aliphatic carbocycles. The van der Waals surface area contributed by atoms with Crippen LogP contribution in [0.3, 0.4) is 0 Å². The number of halogens is 4. The first-order valence-corrected chi connectivity index (χ1v) is 5.63. The Morgan fingerprint density at radius 1 is 1.07 bits per heavy atom. The van der Waals surface area contributed by atoms with Crippen LogP contribution in [0.5, 0.6) is 0 Å². The van der Waals surface area contributed by atoms with Crippen LogP contribution in [-0.2, 0) is 6.42 Å². The average Bonchev–Trinajstić information content (AvgIpc) is 1.97. The van der Waals surface area contributed by atoms with Crippen molar-refractivity contribution in [1.82, 2.24) is 0 Å². The molecule has 14 heavy (non-hydrogen) atoms. The number of hydrogen-bond acceptors (Lipinski definition) is 0. The van der Waals surface area contributed by atoms with Gasteiger partial charge in [0.15, 0.2) is 3.79 Å². The van der Waals surface area contributed by atoms with Gasteiger partial charge >= 0.3 is 0 Å². The molecule has 0 saturated heterocycles. The molecule has 0 nitrogen and oxygen atoms in total. The van der Waals surface area contributed by atoms with Gasteiger partial charge in [-0.05, 0) is 36.6 Å². The minimum absolute atomic E-state index is 0.378. The highest BCUT2D eigenvalue weighted by Gasteiger charge is 2.21. The average molecular weight is 272 g/mol. The summed E-state index contributed by atoms with van der Waals surface area (Å²) in [6.07, 6.45) is 0.378. The summed E-state index contributed by atoms with van der Waals surface area (Å²) in [6.45, 7) is 3.93. The van der Waals surface area contributed by atoms with Gasteiger partial charge in [-0.3, -0.25) is 0 Å². The van der Waals surface area contributed by atoms with Gasteiger partial charge < -0.3 is 0 Å². The van der Waals surface area contributed by atoms with Crippen LogP contribution in [0.2, 0.25) is 5.02 Å². The lowest BCUT2D eigenvalue weighted by Crippen LogP contribution is -2.08. The van der Waals surface area contributed by atoms with E-state index in [2.05, 4.69) is 0 Å². The molecule has 4 heteroatoms. The number of aryl methyl sites for hydroxylation is 2. The molecule has 0 radical (unpaired) electrons. The third kappa shape index (κ3) is 3.51. The molecule has 0 saturated carbocycles. The van der Waals surface area contributed by atoms with E-state index in [0.717, 1.165) is 16.7 Å². The Morgan fingerprint density at radius 2 is 1.64 bits per heavy atom. The topological polar surface area (TPSA) is 0 Å². The van der Waals surface area contributed by atoms with E-state index in [0.29, 0.717) is 11.4 Å². The Labute approximate surface area is 104 Å². The molecule has 0 aliphatic heterocycles. The van der Waals surface area contributed by atoms with Crippen LogP contribution in [-0.4, -0.2) is 3.79 Å². The van der Waals surface area contributed by atoms with Crippen molar-refractivity contribution < 1.29 is 0 Å². The summed E-state index contributed by atoms with van der Waals surface area (Å²) < 4.78 is -1.26. The second-order valence-corrected chi connectivity index (χ2v) is 6.24. The van der Waals surface area contributed by atoms with Crippen LogP contribution in [0.1, 0.15) is 16.7 Å². The summed E-state index contributed by atoms with van der Waals surface area (Å²) >= 11 is 23.1. The van der Waals surface area contributed by atoms with Crippen molar-refractivity contribution >= 4 is 46.4 Å². The summed E-state index contributed by atoms with van der Waals surface area (Å²) in [7, 11) is 0. The zero-order valence-corrected chi connectivity index (χ0v) is 10.9. The highest BCUT2D eigenvalue weighted by molar-refractivity contribution is 6.67. The van der Waals surface area contributed by atoms with Crippen LogP contribution >= 0.6 is 46.4 Å². The lowest BCUT2D eigenvalue weighted by Gasteiger charge is -2.14. The van der Waals surface area contributed by atoms with Gasteiger partial charge in [0.2, 0.25) is 0 Å². The predicted octanol–water partition coefficient (Wildman–Crippen LogP) is 4.87. The van der Waals surface area contributed by atoms with Crippen LogP contribution in [0, 0.1) is 13.8 Å². The largest absolute Gasteiger partial charge is 0.194 e. The minimum atomic E-state index is -1.26. The van der Waals surface area contributed by atoms with Crippen LogP contribution in [0.15, 0.2) is 12.1 Å². The molecule has 0 fully saturated rings. The van der Waals surface area contributed by atoms with Gasteiger partial charge in [0, 0.05) is 11.4 Å². The molecule has 1 rings (SSSR count). The maximum Gasteiger partial charge on any atom is 0.194 e. The zero-order valence-electron chi connectivity index (χ0n) is 7.87. The lowest BCUT2D eigenvalue weighted by molar-refractivity contribution is 1.00. The van der Waals surface area contributed by atoms with Crippen molar-refractivity contribution in [3.05, 3.63) is 33.8 Å². The maximum absolute atomic E-state index is 5.99. The van der Waals surface area contributed by atoms with E-state index in [4.69, 9.17) is 46.4 Å². The Balaban J connectivity index is 3.04. The smallest absolute Gasteiger partial charge is 0.0840 e. The Kier molecular flexibility index (Phi) is 3.99. The van der Waals surface area contributed by atoms with Crippen molar-refractivity contribution in [2.75, 3.05) is 0 Å². The molecule has 1 aromatic carbocycles. The van der Waals surface area contributed by atoms with Crippen LogP contribution in [0.25, 0.3) is 0 Å². The molecular weight excluding hydrogens is 262 g/mol. The van der Waals surface area contributed by atoms with Gasteiger partial charge in [0.1, 0.15) is 0 Å². The molecule has 1 aromatic rings. The zero-order chi connectivity index (χ0) is 10.9. The predicted molar refractivity (Wildman–Crippen MR) is 64.9 cm³/mol. The molecule has 0 spiro atoms. The SMILES string of the molecule is Cc1cc(C)c(CC(Cl)(Cl)Cl)cc1Cl. The first kappa shape index (κ1) is 12.4. The molecule has 0 bridgehead atoms. The Bertz CT molecular complexity index is 339. The summed E-state index contributed by atoms with van der Waals surface area (Å²) in [5.74, 6) is 0. The van der Waals surface area contributed by atoms with Crippen molar-refractivity contribution in [3.8, 4) is 0 Å². The van der Waals surface area contributed by atoms with Crippen molar-refractivity contribution in [1.29, 1.82) is 0 Å². The lowest BCUT2D eigenvalue weighted by atomic mass is 10.0.